The highest BCUT2D eigenvalue weighted by molar-refractivity contribution is 6.00. The van der Waals surface area contributed by atoms with Gasteiger partial charge >= 0.3 is 0 Å². The van der Waals surface area contributed by atoms with Crippen molar-refractivity contribution in [2.24, 2.45) is 0 Å². The van der Waals surface area contributed by atoms with Crippen molar-refractivity contribution >= 4 is 5.91 Å². The van der Waals surface area contributed by atoms with Gasteiger partial charge in [0.25, 0.3) is 5.91 Å². The number of hydrogen-bond donors (Lipinski definition) is 2. The molecular formula is C25H22N2O3. The van der Waals surface area contributed by atoms with Crippen LogP contribution in [0.15, 0.2) is 89.5 Å². The molecule has 2 N–H and O–H groups in total. The SMILES string of the molecule is O=C(NCCCc1ccc(O)cc1)c1ccccc1-c1ncc(-c2ccccc2)o1. The summed E-state index contributed by atoms with van der Waals surface area (Å²) in [5, 5.41) is 12.3. The van der Waals surface area contributed by atoms with Crippen LogP contribution in [0.4, 0.5) is 0 Å². The van der Waals surface area contributed by atoms with E-state index in [0.29, 0.717) is 29.3 Å². The summed E-state index contributed by atoms with van der Waals surface area (Å²) >= 11 is 0. The molecule has 0 radical (unpaired) electrons. The zero-order valence-electron chi connectivity index (χ0n) is 16.4. The van der Waals surface area contributed by atoms with Crippen LogP contribution in [0.25, 0.3) is 22.8 Å². The molecule has 4 rings (SSSR count). The van der Waals surface area contributed by atoms with E-state index in [0.717, 1.165) is 24.0 Å². The number of aromatic nitrogens is 1. The number of hydrogen-bond acceptors (Lipinski definition) is 4. The Morgan fingerprint density at radius 1 is 0.933 bits per heavy atom. The van der Waals surface area contributed by atoms with Crippen LogP contribution < -0.4 is 5.32 Å². The van der Waals surface area contributed by atoms with Gasteiger partial charge < -0.3 is 14.8 Å². The molecule has 0 spiro atoms. The molecule has 5 nitrogen and oxygen atoms in total. The largest absolute Gasteiger partial charge is 0.508 e. The second kappa shape index (κ2) is 9.09. The Hall–Kier alpha value is -3.86. The number of aromatic hydroxyl groups is 1. The van der Waals surface area contributed by atoms with Gasteiger partial charge in [-0.2, -0.15) is 0 Å². The highest BCUT2D eigenvalue weighted by Gasteiger charge is 2.16. The zero-order valence-corrected chi connectivity index (χ0v) is 16.4. The summed E-state index contributed by atoms with van der Waals surface area (Å²) in [7, 11) is 0. The van der Waals surface area contributed by atoms with Gasteiger partial charge in [-0.25, -0.2) is 4.98 Å². The van der Waals surface area contributed by atoms with Gasteiger partial charge in [0, 0.05) is 17.7 Å². The highest BCUT2D eigenvalue weighted by atomic mass is 16.4. The van der Waals surface area contributed by atoms with Gasteiger partial charge in [0.05, 0.1) is 11.8 Å². The Kier molecular flexibility index (Phi) is 5.90. The van der Waals surface area contributed by atoms with E-state index in [1.807, 2.05) is 60.7 Å². The van der Waals surface area contributed by atoms with Crippen LogP contribution in [-0.2, 0) is 6.42 Å². The lowest BCUT2D eigenvalue weighted by Gasteiger charge is -2.08. The maximum atomic E-state index is 12.8. The second-order valence-electron chi connectivity index (χ2n) is 6.97. The average molecular weight is 398 g/mol. The van der Waals surface area contributed by atoms with Crippen molar-refractivity contribution in [2.45, 2.75) is 12.8 Å². The van der Waals surface area contributed by atoms with Crippen molar-refractivity contribution in [1.29, 1.82) is 0 Å². The van der Waals surface area contributed by atoms with E-state index in [-0.39, 0.29) is 11.7 Å². The summed E-state index contributed by atoms with van der Waals surface area (Å²) in [6.07, 6.45) is 3.30. The quantitative estimate of drug-likeness (QED) is 0.426. The third-order valence-electron chi connectivity index (χ3n) is 4.83. The standard InChI is InChI=1S/C25H22N2O3/c28-20-14-12-18(13-15-20)7-6-16-26-24(29)21-10-4-5-11-22(21)25-27-17-23(30-25)19-8-2-1-3-9-19/h1-5,8-15,17,28H,6-7,16H2,(H,26,29). The average Bonchev–Trinajstić information content (AvgIpc) is 3.29. The molecule has 0 aliphatic heterocycles. The number of carbonyl (C=O) groups is 1. The molecule has 5 heteroatoms. The summed E-state index contributed by atoms with van der Waals surface area (Å²) in [5.74, 6) is 1.18. The Bertz CT molecular complexity index is 1120. The topological polar surface area (TPSA) is 75.4 Å². The van der Waals surface area contributed by atoms with E-state index in [9.17, 15) is 9.90 Å². The molecule has 4 aromatic rings. The molecular weight excluding hydrogens is 376 g/mol. The third kappa shape index (κ3) is 4.58. The lowest BCUT2D eigenvalue weighted by Crippen LogP contribution is -2.25. The predicted octanol–water partition coefficient (Wildman–Crippen LogP) is 5.08. The van der Waals surface area contributed by atoms with Gasteiger partial charge in [-0.05, 0) is 42.7 Å². The number of nitrogens with one attached hydrogen (secondary N) is 1. The molecule has 0 bridgehead atoms. The normalized spacial score (nSPS) is 10.7. The van der Waals surface area contributed by atoms with Crippen LogP contribution in [0.5, 0.6) is 5.75 Å². The lowest BCUT2D eigenvalue weighted by atomic mass is 10.1. The second-order valence-corrected chi connectivity index (χ2v) is 6.97. The molecule has 0 unspecified atom stereocenters. The first kappa shape index (κ1) is 19.5. The number of phenolic OH excluding ortho intramolecular Hbond substituents is 1. The number of phenols is 1. The van der Waals surface area contributed by atoms with E-state index in [2.05, 4.69) is 10.3 Å². The molecule has 0 aliphatic carbocycles. The minimum atomic E-state index is -0.157. The van der Waals surface area contributed by atoms with Gasteiger partial charge in [-0.1, -0.05) is 54.6 Å². The molecule has 1 amide bonds. The first-order valence-electron chi connectivity index (χ1n) is 9.87. The number of aryl methyl sites for hydroxylation is 1. The maximum absolute atomic E-state index is 12.8. The fraction of sp³-hybridized carbons (Fsp3) is 0.120. The molecule has 0 fully saturated rings. The van der Waals surface area contributed by atoms with Crippen LogP contribution in [-0.4, -0.2) is 22.5 Å². The minimum Gasteiger partial charge on any atom is -0.508 e. The molecule has 0 saturated carbocycles. The van der Waals surface area contributed by atoms with Gasteiger partial charge in [0.15, 0.2) is 5.76 Å². The molecule has 1 aromatic heterocycles. The fourth-order valence-corrected chi connectivity index (χ4v) is 3.25. The Labute approximate surface area is 175 Å². The summed E-state index contributed by atoms with van der Waals surface area (Å²) in [6, 6.07) is 24.2. The number of amides is 1. The first-order valence-corrected chi connectivity index (χ1v) is 9.87. The number of nitrogens with zero attached hydrogens (tertiary/aromatic N) is 1. The van der Waals surface area contributed by atoms with Crippen LogP contribution in [0.1, 0.15) is 22.3 Å². The van der Waals surface area contributed by atoms with Crippen molar-refractivity contribution in [3.05, 3.63) is 96.2 Å². The van der Waals surface area contributed by atoms with Crippen molar-refractivity contribution in [2.75, 3.05) is 6.54 Å². The van der Waals surface area contributed by atoms with Crippen LogP contribution >= 0.6 is 0 Å². The van der Waals surface area contributed by atoms with E-state index in [1.54, 1.807) is 24.4 Å². The van der Waals surface area contributed by atoms with Gasteiger partial charge in [-0.15, -0.1) is 0 Å². The van der Waals surface area contributed by atoms with Crippen molar-refractivity contribution < 1.29 is 14.3 Å². The molecule has 0 saturated heterocycles. The van der Waals surface area contributed by atoms with Crippen LogP contribution in [0.3, 0.4) is 0 Å². The summed E-state index contributed by atoms with van der Waals surface area (Å²) < 4.78 is 5.93. The molecule has 1 heterocycles. The maximum Gasteiger partial charge on any atom is 0.252 e. The van der Waals surface area contributed by atoms with E-state index in [4.69, 9.17) is 4.42 Å². The monoisotopic (exact) mass is 398 g/mol. The lowest BCUT2D eigenvalue weighted by molar-refractivity contribution is 0.0953. The fourth-order valence-electron chi connectivity index (χ4n) is 3.25. The van der Waals surface area contributed by atoms with Crippen molar-refractivity contribution in [3.8, 4) is 28.5 Å². The summed E-state index contributed by atoms with van der Waals surface area (Å²) in [4.78, 5) is 17.1. The van der Waals surface area contributed by atoms with E-state index < -0.39 is 0 Å². The summed E-state index contributed by atoms with van der Waals surface area (Å²) in [6.45, 7) is 0.550. The van der Waals surface area contributed by atoms with Crippen molar-refractivity contribution in [1.82, 2.24) is 10.3 Å². The number of carbonyl (C=O) groups excluding carboxylic acids is 1. The number of rotatable bonds is 7. The van der Waals surface area contributed by atoms with Gasteiger partial charge in [0.2, 0.25) is 5.89 Å². The van der Waals surface area contributed by atoms with Crippen LogP contribution in [0.2, 0.25) is 0 Å². The van der Waals surface area contributed by atoms with Gasteiger partial charge in [-0.3, -0.25) is 4.79 Å². The first-order chi connectivity index (χ1) is 14.7. The van der Waals surface area contributed by atoms with E-state index in [1.165, 1.54) is 0 Å². The minimum absolute atomic E-state index is 0.157. The highest BCUT2D eigenvalue weighted by Crippen LogP contribution is 2.28. The van der Waals surface area contributed by atoms with Gasteiger partial charge in [0.1, 0.15) is 5.75 Å². The third-order valence-corrected chi connectivity index (χ3v) is 4.83. The summed E-state index contributed by atoms with van der Waals surface area (Å²) in [5.41, 5.74) is 3.25. The Balaban J connectivity index is 1.42. The number of benzene rings is 3. The Morgan fingerprint density at radius 2 is 1.67 bits per heavy atom. The van der Waals surface area contributed by atoms with Crippen LogP contribution in [0, 0.1) is 0 Å². The smallest absolute Gasteiger partial charge is 0.252 e. The predicted molar refractivity (Wildman–Crippen MR) is 116 cm³/mol. The molecule has 150 valence electrons. The molecule has 30 heavy (non-hydrogen) atoms. The van der Waals surface area contributed by atoms with E-state index >= 15 is 0 Å². The van der Waals surface area contributed by atoms with Crippen molar-refractivity contribution in [3.63, 3.8) is 0 Å². The Morgan fingerprint density at radius 3 is 2.47 bits per heavy atom. The molecule has 0 aliphatic rings. The number of oxazole rings is 1. The molecule has 0 atom stereocenters. The zero-order chi connectivity index (χ0) is 20.8. The molecule has 3 aromatic carbocycles.